The van der Waals surface area contributed by atoms with Gasteiger partial charge in [0.1, 0.15) is 5.78 Å². The van der Waals surface area contributed by atoms with E-state index in [-0.39, 0.29) is 10.7 Å². The second kappa shape index (κ2) is 11.0. The normalized spacial score (nSPS) is 13.5. The van der Waals surface area contributed by atoms with Gasteiger partial charge in [-0.15, -0.1) is 0 Å². The maximum absolute atomic E-state index is 13.3. The molecule has 0 radical (unpaired) electrons. The van der Waals surface area contributed by atoms with Crippen LogP contribution in [0.2, 0.25) is 0 Å². The van der Waals surface area contributed by atoms with Gasteiger partial charge in [-0.2, -0.15) is 0 Å². The molecule has 0 aromatic heterocycles. The Kier molecular flexibility index (Phi) is 8.15. The molecule has 0 aliphatic carbocycles. The number of unbranched alkanes of at least 4 members (excludes halogenated alkanes) is 1. The van der Waals surface area contributed by atoms with Gasteiger partial charge in [-0.1, -0.05) is 92.2 Å². The fraction of sp³-hybridized carbons (Fsp3) is 0.269. The Hall–Kier alpha value is -2.76. The van der Waals surface area contributed by atoms with Gasteiger partial charge in [0, 0.05) is 12.3 Å². The lowest BCUT2D eigenvalue weighted by Crippen LogP contribution is -2.38. The molecule has 2 unspecified atom stereocenters. The maximum atomic E-state index is 13.3. The Morgan fingerprint density at radius 2 is 1.39 bits per heavy atom. The molecular formula is C26H29NO3S. The van der Waals surface area contributed by atoms with Crippen molar-refractivity contribution in [1.82, 2.24) is 4.72 Å². The molecule has 3 rings (SSSR count). The molecule has 0 amide bonds. The minimum Gasteiger partial charge on any atom is -0.299 e. The van der Waals surface area contributed by atoms with Crippen molar-refractivity contribution in [3.05, 3.63) is 102 Å². The van der Waals surface area contributed by atoms with Crippen molar-refractivity contribution in [3.63, 3.8) is 0 Å². The number of nitrogens with one attached hydrogen (secondary N) is 1. The summed E-state index contributed by atoms with van der Waals surface area (Å²) in [6, 6.07) is 26.8. The van der Waals surface area contributed by atoms with Gasteiger partial charge in [0.2, 0.25) is 10.0 Å². The van der Waals surface area contributed by atoms with Gasteiger partial charge in [0.15, 0.2) is 0 Å². The highest BCUT2D eigenvalue weighted by Crippen LogP contribution is 2.30. The van der Waals surface area contributed by atoms with Crippen LogP contribution in [0.25, 0.3) is 0 Å². The zero-order chi connectivity index (χ0) is 22.1. The third-order valence-corrected chi connectivity index (χ3v) is 6.84. The van der Waals surface area contributed by atoms with Crippen molar-refractivity contribution in [1.29, 1.82) is 0 Å². The average Bonchev–Trinajstić information content (AvgIpc) is 2.81. The molecule has 3 aromatic rings. The fourth-order valence-corrected chi connectivity index (χ4v) is 4.99. The van der Waals surface area contributed by atoms with E-state index in [4.69, 9.17) is 0 Å². The lowest BCUT2D eigenvalue weighted by molar-refractivity contribution is -0.123. The molecule has 3 aromatic carbocycles. The molecule has 1 N–H and O–H groups in total. The van der Waals surface area contributed by atoms with Crippen LogP contribution in [-0.4, -0.2) is 14.2 Å². The Balaban J connectivity index is 2.01. The van der Waals surface area contributed by atoms with Crippen molar-refractivity contribution in [2.45, 2.75) is 43.5 Å². The number of Topliss-reactive ketones (excluding diaryl/α,β-unsaturated/α-hetero) is 1. The summed E-state index contributed by atoms with van der Waals surface area (Å²) in [6.45, 7) is 2.05. The maximum Gasteiger partial charge on any atom is 0.241 e. The van der Waals surface area contributed by atoms with Crippen molar-refractivity contribution >= 4 is 15.8 Å². The molecule has 162 valence electrons. The molecule has 0 aliphatic rings. The molecule has 4 nitrogen and oxygen atoms in total. The van der Waals surface area contributed by atoms with Gasteiger partial charge in [-0.3, -0.25) is 4.79 Å². The van der Waals surface area contributed by atoms with Gasteiger partial charge in [-0.05, 0) is 36.1 Å². The zero-order valence-corrected chi connectivity index (χ0v) is 18.6. The molecule has 31 heavy (non-hydrogen) atoms. The van der Waals surface area contributed by atoms with E-state index in [1.165, 1.54) is 0 Å². The Morgan fingerprint density at radius 1 is 0.839 bits per heavy atom. The predicted molar refractivity (Wildman–Crippen MR) is 124 cm³/mol. The number of ketones is 1. The van der Waals surface area contributed by atoms with Gasteiger partial charge >= 0.3 is 0 Å². The van der Waals surface area contributed by atoms with Crippen LogP contribution in [0, 0.1) is 5.92 Å². The van der Waals surface area contributed by atoms with Crippen molar-refractivity contribution in [3.8, 4) is 0 Å². The smallest absolute Gasteiger partial charge is 0.241 e. The molecule has 5 heteroatoms. The highest BCUT2D eigenvalue weighted by Gasteiger charge is 2.33. The lowest BCUT2D eigenvalue weighted by Gasteiger charge is -2.28. The molecule has 0 fully saturated rings. The van der Waals surface area contributed by atoms with Crippen LogP contribution in [0.15, 0.2) is 95.9 Å². The first kappa shape index (κ1) is 22.9. The monoisotopic (exact) mass is 435 g/mol. The average molecular weight is 436 g/mol. The molecule has 0 saturated heterocycles. The van der Waals surface area contributed by atoms with Crippen molar-refractivity contribution < 1.29 is 13.2 Å². The molecule has 0 aliphatic heterocycles. The summed E-state index contributed by atoms with van der Waals surface area (Å²) in [7, 11) is -3.80. The highest BCUT2D eigenvalue weighted by molar-refractivity contribution is 7.89. The van der Waals surface area contributed by atoms with Gasteiger partial charge in [-0.25, -0.2) is 13.1 Å². The standard InChI is InChI=1S/C26H29NO3S/c1-2-3-19-25(28)24(20-21-13-7-4-8-14-21)26(22-15-9-5-10-16-22)27-31(29,30)23-17-11-6-12-18-23/h4-18,24,26-27H,2-3,19-20H2,1H3. The molecule has 0 saturated carbocycles. The van der Waals surface area contributed by atoms with E-state index in [0.717, 1.165) is 24.0 Å². The van der Waals surface area contributed by atoms with Crippen molar-refractivity contribution in [2.75, 3.05) is 0 Å². The quantitative estimate of drug-likeness (QED) is 0.443. The highest BCUT2D eigenvalue weighted by atomic mass is 32.2. The van der Waals surface area contributed by atoms with Crippen LogP contribution in [0.5, 0.6) is 0 Å². The van der Waals surface area contributed by atoms with Crippen LogP contribution in [0.1, 0.15) is 43.4 Å². The Labute approximate surface area is 185 Å². The van der Waals surface area contributed by atoms with Gasteiger partial charge in [0.05, 0.1) is 10.9 Å². The van der Waals surface area contributed by atoms with Crippen LogP contribution in [0.3, 0.4) is 0 Å². The first-order chi connectivity index (χ1) is 15.0. The number of hydrogen-bond donors (Lipinski definition) is 1. The molecule has 0 spiro atoms. The molecule has 0 bridgehead atoms. The number of benzene rings is 3. The van der Waals surface area contributed by atoms with E-state index < -0.39 is 22.0 Å². The first-order valence-corrected chi connectivity index (χ1v) is 12.2. The number of rotatable bonds is 11. The second-order valence-electron chi connectivity index (χ2n) is 7.69. The van der Waals surface area contributed by atoms with E-state index in [9.17, 15) is 13.2 Å². The van der Waals surface area contributed by atoms with E-state index in [1.807, 2.05) is 67.6 Å². The zero-order valence-electron chi connectivity index (χ0n) is 17.8. The van der Waals surface area contributed by atoms with E-state index in [1.54, 1.807) is 30.3 Å². The topological polar surface area (TPSA) is 63.2 Å². The molecule has 2 atom stereocenters. The summed E-state index contributed by atoms with van der Waals surface area (Å²) in [5.74, 6) is -0.426. The van der Waals surface area contributed by atoms with E-state index in [2.05, 4.69) is 4.72 Å². The van der Waals surface area contributed by atoms with Crippen LogP contribution < -0.4 is 4.72 Å². The third-order valence-electron chi connectivity index (χ3n) is 5.39. The summed E-state index contributed by atoms with van der Waals surface area (Å²) < 4.78 is 29.2. The van der Waals surface area contributed by atoms with Crippen LogP contribution in [0.4, 0.5) is 0 Å². The lowest BCUT2D eigenvalue weighted by atomic mass is 9.83. The second-order valence-corrected chi connectivity index (χ2v) is 9.40. The predicted octanol–water partition coefficient (Wildman–Crippen LogP) is 5.32. The van der Waals surface area contributed by atoms with E-state index >= 15 is 0 Å². The van der Waals surface area contributed by atoms with E-state index in [0.29, 0.717) is 12.8 Å². The third kappa shape index (κ3) is 6.36. The summed E-state index contributed by atoms with van der Waals surface area (Å²) in [5, 5.41) is 0. The Bertz CT molecular complexity index is 1050. The molecular weight excluding hydrogens is 406 g/mol. The fourth-order valence-electron chi connectivity index (χ4n) is 3.70. The molecule has 0 heterocycles. The van der Waals surface area contributed by atoms with Crippen molar-refractivity contribution in [2.24, 2.45) is 5.92 Å². The van der Waals surface area contributed by atoms with Gasteiger partial charge in [0.25, 0.3) is 0 Å². The minimum absolute atomic E-state index is 0.0790. The largest absolute Gasteiger partial charge is 0.299 e. The number of sulfonamides is 1. The Morgan fingerprint density at radius 3 is 1.97 bits per heavy atom. The number of carbonyl (C=O) groups is 1. The summed E-state index contributed by atoms with van der Waals surface area (Å²) >= 11 is 0. The summed E-state index contributed by atoms with van der Waals surface area (Å²) in [4.78, 5) is 13.5. The summed E-state index contributed by atoms with van der Waals surface area (Å²) in [6.07, 6.45) is 2.61. The number of carbonyl (C=O) groups excluding carboxylic acids is 1. The number of hydrogen-bond acceptors (Lipinski definition) is 3. The van der Waals surface area contributed by atoms with Crippen LogP contribution >= 0.6 is 0 Å². The summed E-state index contributed by atoms with van der Waals surface area (Å²) in [5.41, 5.74) is 1.80. The SMILES string of the molecule is CCCCC(=O)C(Cc1ccccc1)C(NS(=O)(=O)c1ccccc1)c1ccccc1. The van der Waals surface area contributed by atoms with Crippen LogP contribution in [-0.2, 0) is 21.2 Å². The minimum atomic E-state index is -3.80. The first-order valence-electron chi connectivity index (χ1n) is 10.7. The van der Waals surface area contributed by atoms with Gasteiger partial charge < -0.3 is 0 Å².